The molecular weight excluding hydrogens is 242 g/mol. The van der Waals surface area contributed by atoms with Crippen LogP contribution < -0.4 is 0 Å². The molecule has 4 heteroatoms. The topological polar surface area (TPSA) is 51.6 Å². The summed E-state index contributed by atoms with van der Waals surface area (Å²) in [5.41, 5.74) is 1.71. The number of aromatic nitrogens is 1. The number of rotatable bonds is 2. The van der Waals surface area contributed by atoms with Crippen LogP contribution in [-0.4, -0.2) is 35.5 Å². The van der Waals surface area contributed by atoms with Crippen molar-refractivity contribution < 1.29 is 14.6 Å². The minimum atomic E-state index is -0.449. The zero-order chi connectivity index (χ0) is 13.3. The molecule has 3 rings (SSSR count). The molecule has 19 heavy (non-hydrogen) atoms. The average Bonchev–Trinajstić information content (AvgIpc) is 2.86. The van der Waals surface area contributed by atoms with Crippen LogP contribution in [0.5, 0.6) is 0 Å². The Morgan fingerprint density at radius 2 is 2.37 bits per heavy atom. The predicted molar refractivity (Wildman–Crippen MR) is 70.8 cm³/mol. The summed E-state index contributed by atoms with van der Waals surface area (Å²) in [5, 5.41) is 10.6. The Morgan fingerprint density at radius 1 is 1.47 bits per heavy atom. The molecule has 1 aromatic heterocycles. The molecule has 2 saturated heterocycles. The van der Waals surface area contributed by atoms with Crippen molar-refractivity contribution in [1.29, 1.82) is 0 Å². The maximum atomic E-state index is 10.6. The van der Waals surface area contributed by atoms with Crippen LogP contribution in [0.25, 0.3) is 0 Å². The van der Waals surface area contributed by atoms with Crippen molar-refractivity contribution in [2.24, 2.45) is 5.92 Å². The monoisotopic (exact) mass is 263 g/mol. The maximum absolute atomic E-state index is 10.6. The van der Waals surface area contributed by atoms with Gasteiger partial charge in [0.25, 0.3) is 0 Å². The Morgan fingerprint density at radius 3 is 3.11 bits per heavy atom. The zero-order valence-corrected chi connectivity index (χ0v) is 11.3. The number of aliphatic hydroxyl groups excluding tert-OH is 1. The molecule has 0 bridgehead atoms. The molecule has 0 aliphatic carbocycles. The summed E-state index contributed by atoms with van der Waals surface area (Å²) < 4.78 is 11.4. The smallest absolute Gasteiger partial charge is 0.0940 e. The number of pyridine rings is 1. The van der Waals surface area contributed by atoms with Crippen LogP contribution in [0, 0.1) is 12.8 Å². The van der Waals surface area contributed by atoms with Crippen LogP contribution in [0.3, 0.4) is 0 Å². The lowest BCUT2D eigenvalue weighted by Gasteiger charge is -2.39. The van der Waals surface area contributed by atoms with Gasteiger partial charge in [-0.25, -0.2) is 0 Å². The van der Waals surface area contributed by atoms with Crippen LogP contribution in [0.15, 0.2) is 18.3 Å². The Balaban J connectivity index is 1.76. The van der Waals surface area contributed by atoms with Crippen molar-refractivity contribution in [3.8, 4) is 0 Å². The highest BCUT2D eigenvalue weighted by Gasteiger charge is 2.43. The third kappa shape index (κ3) is 2.53. The summed E-state index contributed by atoms with van der Waals surface area (Å²) in [6.07, 6.45) is 4.04. The van der Waals surface area contributed by atoms with Crippen molar-refractivity contribution in [2.45, 2.75) is 37.9 Å². The molecule has 1 spiro atoms. The SMILES string of the molecule is Cc1ncccc1C(O)C1CCOC2(CCOC2)C1. The van der Waals surface area contributed by atoms with Crippen LogP contribution in [0.4, 0.5) is 0 Å². The number of aliphatic hydroxyl groups is 1. The Hall–Kier alpha value is -0.970. The third-order valence-corrected chi connectivity index (χ3v) is 4.41. The largest absolute Gasteiger partial charge is 0.388 e. The first-order chi connectivity index (χ1) is 9.20. The van der Waals surface area contributed by atoms with Gasteiger partial charge >= 0.3 is 0 Å². The Labute approximate surface area is 113 Å². The zero-order valence-electron chi connectivity index (χ0n) is 11.3. The molecule has 0 saturated carbocycles. The predicted octanol–water partition coefficient (Wildman–Crippen LogP) is 2.01. The van der Waals surface area contributed by atoms with Crippen molar-refractivity contribution in [3.63, 3.8) is 0 Å². The van der Waals surface area contributed by atoms with Gasteiger partial charge in [-0.3, -0.25) is 4.98 Å². The third-order valence-electron chi connectivity index (χ3n) is 4.41. The highest BCUT2D eigenvalue weighted by Crippen LogP contribution is 2.41. The molecule has 3 unspecified atom stereocenters. The first-order valence-corrected chi connectivity index (χ1v) is 7.01. The Bertz CT molecular complexity index is 443. The van der Waals surface area contributed by atoms with Crippen LogP contribution in [0.1, 0.15) is 36.6 Å². The van der Waals surface area contributed by atoms with Crippen molar-refractivity contribution in [2.75, 3.05) is 19.8 Å². The Kier molecular flexibility index (Phi) is 3.56. The number of hydrogen-bond donors (Lipinski definition) is 1. The normalized spacial score (nSPS) is 32.6. The van der Waals surface area contributed by atoms with E-state index in [0.717, 1.165) is 37.1 Å². The molecule has 104 valence electrons. The summed E-state index contributed by atoms with van der Waals surface area (Å²) in [5.74, 6) is 0.235. The molecule has 3 heterocycles. The van der Waals surface area contributed by atoms with E-state index in [1.54, 1.807) is 6.20 Å². The fourth-order valence-corrected chi connectivity index (χ4v) is 3.26. The molecule has 4 nitrogen and oxygen atoms in total. The van der Waals surface area contributed by atoms with E-state index in [1.165, 1.54) is 0 Å². The molecule has 1 aromatic rings. The van der Waals surface area contributed by atoms with Gasteiger partial charge in [0.15, 0.2) is 0 Å². The van der Waals surface area contributed by atoms with Crippen molar-refractivity contribution in [3.05, 3.63) is 29.6 Å². The molecule has 3 atom stereocenters. The molecule has 2 aliphatic rings. The van der Waals surface area contributed by atoms with Gasteiger partial charge in [-0.1, -0.05) is 6.07 Å². The minimum absolute atomic E-state index is 0.153. The van der Waals surface area contributed by atoms with Crippen molar-refractivity contribution >= 4 is 0 Å². The second-order valence-electron chi connectivity index (χ2n) is 5.71. The van der Waals surface area contributed by atoms with Gasteiger partial charge in [-0.15, -0.1) is 0 Å². The maximum Gasteiger partial charge on any atom is 0.0940 e. The van der Waals surface area contributed by atoms with Crippen LogP contribution in [-0.2, 0) is 9.47 Å². The van der Waals surface area contributed by atoms with E-state index in [9.17, 15) is 5.11 Å². The van der Waals surface area contributed by atoms with E-state index < -0.39 is 6.10 Å². The van der Waals surface area contributed by atoms with Crippen molar-refractivity contribution in [1.82, 2.24) is 4.98 Å². The van der Waals surface area contributed by atoms with E-state index in [4.69, 9.17) is 9.47 Å². The summed E-state index contributed by atoms with van der Waals surface area (Å²) in [6.45, 7) is 4.10. The second kappa shape index (κ2) is 5.19. The van der Waals surface area contributed by atoms with Gasteiger partial charge in [0.05, 0.1) is 18.3 Å². The summed E-state index contributed by atoms with van der Waals surface area (Å²) in [7, 11) is 0. The van der Waals surface area contributed by atoms with Crippen LogP contribution in [0.2, 0.25) is 0 Å². The summed E-state index contributed by atoms with van der Waals surface area (Å²) >= 11 is 0. The van der Waals surface area contributed by atoms with Gasteiger partial charge in [-0.05, 0) is 31.7 Å². The minimum Gasteiger partial charge on any atom is -0.388 e. The molecular formula is C15H21NO3. The first kappa shape index (κ1) is 13.0. The number of aryl methyl sites for hydroxylation is 1. The summed E-state index contributed by atoms with van der Waals surface area (Å²) in [6, 6.07) is 3.86. The highest BCUT2D eigenvalue weighted by atomic mass is 16.6. The van der Waals surface area contributed by atoms with E-state index in [2.05, 4.69) is 4.98 Å². The van der Waals surface area contributed by atoms with E-state index in [1.807, 2.05) is 19.1 Å². The lowest BCUT2D eigenvalue weighted by molar-refractivity contribution is -0.117. The van der Waals surface area contributed by atoms with E-state index in [-0.39, 0.29) is 11.5 Å². The first-order valence-electron chi connectivity index (χ1n) is 7.01. The average molecular weight is 263 g/mol. The fourth-order valence-electron chi connectivity index (χ4n) is 3.26. The van der Waals surface area contributed by atoms with Gasteiger partial charge in [0, 0.05) is 37.1 Å². The number of nitrogens with zero attached hydrogens (tertiary/aromatic N) is 1. The molecule has 2 fully saturated rings. The van der Waals surface area contributed by atoms with E-state index in [0.29, 0.717) is 13.2 Å². The highest BCUT2D eigenvalue weighted by molar-refractivity contribution is 5.22. The fraction of sp³-hybridized carbons (Fsp3) is 0.667. The van der Waals surface area contributed by atoms with Crippen LogP contribution >= 0.6 is 0 Å². The molecule has 0 aromatic carbocycles. The van der Waals surface area contributed by atoms with Gasteiger partial charge < -0.3 is 14.6 Å². The standard InChI is InChI=1S/C15H21NO3/c1-11-13(3-2-6-16-11)14(17)12-4-7-19-15(9-12)5-8-18-10-15/h2-3,6,12,14,17H,4-5,7-10H2,1H3. The number of hydrogen-bond acceptors (Lipinski definition) is 4. The lowest BCUT2D eigenvalue weighted by Crippen LogP contribution is -2.42. The number of ether oxygens (including phenoxy) is 2. The van der Waals surface area contributed by atoms with Gasteiger partial charge in [0.2, 0.25) is 0 Å². The quantitative estimate of drug-likeness (QED) is 0.886. The molecule has 2 aliphatic heterocycles. The lowest BCUT2D eigenvalue weighted by atomic mass is 9.80. The second-order valence-corrected chi connectivity index (χ2v) is 5.71. The van der Waals surface area contributed by atoms with E-state index >= 15 is 0 Å². The summed E-state index contributed by atoms with van der Waals surface area (Å²) in [4.78, 5) is 4.27. The molecule has 0 radical (unpaired) electrons. The molecule has 1 N–H and O–H groups in total. The molecule has 0 amide bonds. The van der Waals surface area contributed by atoms with Gasteiger partial charge in [0.1, 0.15) is 0 Å². The van der Waals surface area contributed by atoms with Gasteiger partial charge in [-0.2, -0.15) is 0 Å².